The first-order chi connectivity index (χ1) is 14.6. The number of benzene rings is 3. The minimum Gasteiger partial charge on any atom is -0.493 e. The second kappa shape index (κ2) is 10.8. The number of anilines is 1. The number of fused-ring (bicyclic) bond motifs is 1. The maximum atomic E-state index is 13.2. The lowest BCUT2D eigenvalue weighted by molar-refractivity contribution is 0.102. The monoisotopic (exact) mass is 427 g/mol. The number of nitrogens with one attached hydrogen (secondary N) is 1. The molecule has 0 aliphatic rings. The molecule has 0 saturated carbocycles. The van der Waals surface area contributed by atoms with Crippen molar-refractivity contribution in [1.29, 1.82) is 0 Å². The molecule has 3 rings (SSSR count). The molecule has 6 nitrogen and oxygen atoms in total. The summed E-state index contributed by atoms with van der Waals surface area (Å²) in [6.45, 7) is 1.90. The Morgan fingerprint density at radius 2 is 1.50 bits per heavy atom. The maximum Gasteiger partial charge on any atom is 0.259 e. The van der Waals surface area contributed by atoms with Crippen molar-refractivity contribution in [3.8, 4) is 11.5 Å². The zero-order valence-electron chi connectivity index (χ0n) is 16.7. The van der Waals surface area contributed by atoms with Crippen LogP contribution < -0.4 is 26.3 Å². The smallest absolute Gasteiger partial charge is 0.259 e. The lowest BCUT2D eigenvalue weighted by atomic mass is 10.0. The summed E-state index contributed by atoms with van der Waals surface area (Å²) >= 11 is 6.10. The Balaban J connectivity index is 1.89. The van der Waals surface area contributed by atoms with Gasteiger partial charge in [-0.15, -0.1) is 0 Å². The molecule has 3 aromatic rings. The van der Waals surface area contributed by atoms with Crippen molar-refractivity contribution in [2.75, 3.05) is 31.6 Å². The number of carbonyl (C=O) groups is 1. The second-order valence-electron chi connectivity index (χ2n) is 6.77. The van der Waals surface area contributed by atoms with Gasteiger partial charge in [0.15, 0.2) is 0 Å². The van der Waals surface area contributed by atoms with Crippen molar-refractivity contribution >= 4 is 34.0 Å². The van der Waals surface area contributed by atoms with E-state index in [4.69, 9.17) is 32.5 Å². The first-order valence-corrected chi connectivity index (χ1v) is 10.3. The van der Waals surface area contributed by atoms with Crippen LogP contribution in [0, 0.1) is 0 Å². The highest BCUT2D eigenvalue weighted by Gasteiger charge is 2.17. The van der Waals surface area contributed by atoms with E-state index in [9.17, 15) is 4.79 Å². The molecule has 0 radical (unpaired) electrons. The fourth-order valence-corrected chi connectivity index (χ4v) is 3.12. The van der Waals surface area contributed by atoms with Crippen molar-refractivity contribution in [2.24, 2.45) is 11.5 Å². The Bertz CT molecular complexity index is 1010. The molecule has 0 fully saturated rings. The molecule has 0 spiro atoms. The zero-order valence-corrected chi connectivity index (χ0v) is 17.5. The van der Waals surface area contributed by atoms with Gasteiger partial charge in [-0.3, -0.25) is 4.79 Å². The number of hydrogen-bond acceptors (Lipinski definition) is 5. The summed E-state index contributed by atoms with van der Waals surface area (Å²) in [6.07, 6.45) is 1.40. The Kier molecular flexibility index (Phi) is 7.90. The number of amides is 1. The minimum absolute atomic E-state index is 0.297. The van der Waals surface area contributed by atoms with Crippen LogP contribution in [0.5, 0.6) is 11.5 Å². The zero-order chi connectivity index (χ0) is 21.3. The van der Waals surface area contributed by atoms with E-state index in [1.165, 1.54) is 0 Å². The van der Waals surface area contributed by atoms with Gasteiger partial charge in [0.1, 0.15) is 11.5 Å². The molecule has 0 aliphatic carbocycles. The van der Waals surface area contributed by atoms with Crippen LogP contribution in [0.1, 0.15) is 23.2 Å². The molecule has 7 heteroatoms. The molecule has 1 amide bonds. The Labute approximate surface area is 181 Å². The highest BCUT2D eigenvalue weighted by Crippen LogP contribution is 2.31. The van der Waals surface area contributed by atoms with E-state index in [1.807, 2.05) is 36.4 Å². The third kappa shape index (κ3) is 5.63. The minimum atomic E-state index is -0.297. The topological polar surface area (TPSA) is 99.6 Å². The SMILES string of the molecule is NCCCOc1cc(Cl)ccc1NC(=O)c1cc2ccccc2cc1OCCCN. The van der Waals surface area contributed by atoms with Gasteiger partial charge in [0.05, 0.1) is 24.5 Å². The van der Waals surface area contributed by atoms with Gasteiger partial charge >= 0.3 is 0 Å². The number of hydrogen-bond donors (Lipinski definition) is 3. The molecule has 158 valence electrons. The van der Waals surface area contributed by atoms with E-state index in [0.717, 1.165) is 10.8 Å². The molecule has 0 heterocycles. The van der Waals surface area contributed by atoms with E-state index < -0.39 is 0 Å². The number of halogens is 1. The molecule has 0 unspecified atom stereocenters. The molecule has 0 aliphatic heterocycles. The summed E-state index contributed by atoms with van der Waals surface area (Å²) in [7, 11) is 0. The van der Waals surface area contributed by atoms with Gasteiger partial charge in [0.25, 0.3) is 5.91 Å². The molecule has 3 aromatic carbocycles. The summed E-state index contributed by atoms with van der Waals surface area (Å²) < 4.78 is 11.6. The molecule has 5 N–H and O–H groups in total. The van der Waals surface area contributed by atoms with Gasteiger partial charge in [0, 0.05) is 11.1 Å². The second-order valence-corrected chi connectivity index (χ2v) is 7.21. The van der Waals surface area contributed by atoms with Gasteiger partial charge in [-0.1, -0.05) is 35.9 Å². The van der Waals surface area contributed by atoms with Crippen LogP contribution in [0.25, 0.3) is 10.8 Å². The summed E-state index contributed by atoms with van der Waals surface area (Å²) in [4.78, 5) is 13.2. The van der Waals surface area contributed by atoms with E-state index >= 15 is 0 Å². The van der Waals surface area contributed by atoms with Crippen molar-refractivity contribution in [2.45, 2.75) is 12.8 Å². The molecule has 30 heavy (non-hydrogen) atoms. The summed E-state index contributed by atoms with van der Waals surface area (Å²) in [6, 6.07) is 16.6. The Morgan fingerprint density at radius 3 is 2.17 bits per heavy atom. The third-order valence-electron chi connectivity index (χ3n) is 4.50. The number of carbonyl (C=O) groups excluding carboxylic acids is 1. The maximum absolute atomic E-state index is 13.2. The van der Waals surface area contributed by atoms with Gasteiger partial charge in [-0.25, -0.2) is 0 Å². The van der Waals surface area contributed by atoms with Crippen LogP contribution in [-0.4, -0.2) is 32.2 Å². The molecule has 0 aromatic heterocycles. The van der Waals surface area contributed by atoms with E-state index in [0.29, 0.717) is 66.9 Å². The average Bonchev–Trinajstić information content (AvgIpc) is 2.75. The summed E-state index contributed by atoms with van der Waals surface area (Å²) in [5, 5.41) is 5.38. The largest absolute Gasteiger partial charge is 0.493 e. The van der Waals surface area contributed by atoms with Crippen LogP contribution in [0.3, 0.4) is 0 Å². The molecule has 0 saturated heterocycles. The predicted molar refractivity (Wildman–Crippen MR) is 122 cm³/mol. The predicted octanol–water partition coefficient (Wildman–Crippen LogP) is 4.20. The highest BCUT2D eigenvalue weighted by atomic mass is 35.5. The van der Waals surface area contributed by atoms with Gasteiger partial charge in [-0.2, -0.15) is 0 Å². The molecule has 0 atom stereocenters. The van der Waals surface area contributed by atoms with Gasteiger partial charge in [-0.05, 0) is 61.0 Å². The average molecular weight is 428 g/mol. The first kappa shape index (κ1) is 21.9. The summed E-state index contributed by atoms with van der Waals surface area (Å²) in [5.74, 6) is 0.712. The first-order valence-electron chi connectivity index (χ1n) is 9.92. The van der Waals surface area contributed by atoms with Crippen LogP contribution in [0.4, 0.5) is 5.69 Å². The lowest BCUT2D eigenvalue weighted by Crippen LogP contribution is -2.16. The van der Waals surface area contributed by atoms with Gasteiger partial charge < -0.3 is 26.3 Å². The van der Waals surface area contributed by atoms with Crippen LogP contribution in [-0.2, 0) is 0 Å². The van der Waals surface area contributed by atoms with Crippen molar-refractivity contribution in [3.63, 3.8) is 0 Å². The van der Waals surface area contributed by atoms with Crippen LogP contribution in [0.2, 0.25) is 5.02 Å². The molecule has 0 bridgehead atoms. The standard InChI is InChI=1S/C23H26ClN3O3/c24-18-7-8-20(22(15-18)30-12-4-10-26)27-23(28)19-13-16-5-1-2-6-17(16)14-21(19)29-11-3-9-25/h1-2,5-8,13-15H,3-4,9-12,25-26H2,(H,27,28). The Hall–Kier alpha value is -2.80. The molecular weight excluding hydrogens is 402 g/mol. The van der Waals surface area contributed by atoms with Gasteiger partial charge in [0.2, 0.25) is 0 Å². The van der Waals surface area contributed by atoms with E-state index in [-0.39, 0.29) is 5.91 Å². The van der Waals surface area contributed by atoms with Crippen molar-refractivity contribution < 1.29 is 14.3 Å². The summed E-state index contributed by atoms with van der Waals surface area (Å²) in [5.41, 5.74) is 12.1. The van der Waals surface area contributed by atoms with Crippen molar-refractivity contribution in [1.82, 2.24) is 0 Å². The molecular formula is C23H26ClN3O3. The number of rotatable bonds is 10. The third-order valence-corrected chi connectivity index (χ3v) is 4.73. The quantitative estimate of drug-likeness (QED) is 0.421. The Morgan fingerprint density at radius 1 is 0.867 bits per heavy atom. The van der Waals surface area contributed by atoms with Crippen LogP contribution >= 0.6 is 11.6 Å². The van der Waals surface area contributed by atoms with Crippen LogP contribution in [0.15, 0.2) is 54.6 Å². The van der Waals surface area contributed by atoms with Crippen molar-refractivity contribution in [3.05, 3.63) is 65.2 Å². The number of nitrogens with two attached hydrogens (primary N) is 2. The highest BCUT2D eigenvalue weighted by molar-refractivity contribution is 6.30. The fourth-order valence-electron chi connectivity index (χ4n) is 2.96. The fraction of sp³-hybridized carbons (Fsp3) is 0.261. The lowest BCUT2D eigenvalue weighted by Gasteiger charge is -2.15. The normalized spacial score (nSPS) is 10.8. The number of ether oxygens (including phenoxy) is 2. The van der Waals surface area contributed by atoms with E-state index in [1.54, 1.807) is 18.2 Å². The van der Waals surface area contributed by atoms with E-state index in [2.05, 4.69) is 5.32 Å².